The monoisotopic (exact) mass is 235 g/mol. The van der Waals surface area contributed by atoms with Crippen molar-refractivity contribution in [3.8, 4) is 0 Å². The number of carbonyl (C=O) groups excluding carboxylic acids is 2. The number of hydrogen-bond donors (Lipinski definition) is 1. The number of hydrogen-bond acceptors (Lipinski definition) is 3. The van der Waals surface area contributed by atoms with E-state index >= 15 is 0 Å². The Morgan fingerprint density at radius 2 is 1.59 bits per heavy atom. The molecule has 0 aliphatic heterocycles. The SMILES string of the molecule is CC.CC(=O)c1ccc(CC(N)C(C)=O)cc1. The van der Waals surface area contributed by atoms with Crippen LogP contribution < -0.4 is 5.73 Å². The summed E-state index contributed by atoms with van der Waals surface area (Å²) < 4.78 is 0. The summed E-state index contributed by atoms with van der Waals surface area (Å²) in [5, 5.41) is 0. The van der Waals surface area contributed by atoms with Crippen LogP contribution in [0.25, 0.3) is 0 Å². The molecule has 3 heteroatoms. The van der Waals surface area contributed by atoms with E-state index in [0.717, 1.165) is 5.56 Å². The Labute approximate surface area is 103 Å². The Bertz CT molecular complexity index is 368. The predicted octanol–water partition coefficient (Wildman–Crippen LogP) is 2.37. The van der Waals surface area contributed by atoms with Gasteiger partial charge in [0, 0.05) is 5.56 Å². The van der Waals surface area contributed by atoms with Gasteiger partial charge in [-0.3, -0.25) is 9.59 Å². The quantitative estimate of drug-likeness (QED) is 0.815. The molecule has 2 N–H and O–H groups in total. The van der Waals surface area contributed by atoms with Gasteiger partial charge in [0.15, 0.2) is 5.78 Å². The molecule has 0 amide bonds. The van der Waals surface area contributed by atoms with Crippen LogP contribution in [0.15, 0.2) is 24.3 Å². The summed E-state index contributed by atoms with van der Waals surface area (Å²) in [6, 6.07) is 6.72. The molecule has 0 radical (unpaired) electrons. The van der Waals surface area contributed by atoms with E-state index in [2.05, 4.69) is 0 Å². The summed E-state index contributed by atoms with van der Waals surface area (Å²) in [5.74, 6) is 0.0167. The van der Waals surface area contributed by atoms with Crippen LogP contribution in [0, 0.1) is 0 Å². The normalized spacial score (nSPS) is 11.1. The first-order valence-electron chi connectivity index (χ1n) is 5.86. The van der Waals surface area contributed by atoms with Gasteiger partial charge in [-0.05, 0) is 25.8 Å². The van der Waals surface area contributed by atoms with Crippen LogP contribution in [-0.2, 0) is 11.2 Å². The lowest BCUT2D eigenvalue weighted by atomic mass is 10.0. The first-order valence-corrected chi connectivity index (χ1v) is 5.86. The van der Waals surface area contributed by atoms with Gasteiger partial charge < -0.3 is 5.73 Å². The van der Waals surface area contributed by atoms with Crippen molar-refractivity contribution >= 4 is 11.6 Å². The van der Waals surface area contributed by atoms with E-state index in [4.69, 9.17) is 5.73 Å². The van der Waals surface area contributed by atoms with Crippen LogP contribution in [0.5, 0.6) is 0 Å². The Morgan fingerprint density at radius 3 is 1.94 bits per heavy atom. The van der Waals surface area contributed by atoms with Crippen molar-refractivity contribution in [3.63, 3.8) is 0 Å². The van der Waals surface area contributed by atoms with E-state index in [1.165, 1.54) is 13.8 Å². The topological polar surface area (TPSA) is 60.2 Å². The van der Waals surface area contributed by atoms with E-state index in [0.29, 0.717) is 12.0 Å². The number of ketones is 2. The third kappa shape index (κ3) is 5.41. The van der Waals surface area contributed by atoms with Crippen LogP contribution in [0.2, 0.25) is 0 Å². The largest absolute Gasteiger partial charge is 0.321 e. The molecule has 1 unspecified atom stereocenters. The summed E-state index contributed by atoms with van der Waals surface area (Å²) in [7, 11) is 0. The highest BCUT2D eigenvalue weighted by atomic mass is 16.1. The maximum Gasteiger partial charge on any atom is 0.159 e. The van der Waals surface area contributed by atoms with Crippen molar-refractivity contribution in [1.29, 1.82) is 0 Å². The molecule has 0 aliphatic carbocycles. The van der Waals surface area contributed by atoms with Crippen LogP contribution in [0.4, 0.5) is 0 Å². The molecule has 1 aromatic carbocycles. The Morgan fingerprint density at radius 1 is 1.12 bits per heavy atom. The molecule has 3 nitrogen and oxygen atoms in total. The fourth-order valence-electron chi connectivity index (χ4n) is 1.27. The van der Waals surface area contributed by atoms with E-state index in [1.54, 1.807) is 12.1 Å². The van der Waals surface area contributed by atoms with E-state index in [9.17, 15) is 9.59 Å². The maximum atomic E-state index is 11.0. The number of benzene rings is 1. The molecule has 0 aliphatic rings. The second kappa shape index (κ2) is 7.74. The average Bonchev–Trinajstić information content (AvgIpc) is 2.32. The zero-order valence-corrected chi connectivity index (χ0v) is 11.0. The minimum atomic E-state index is -0.451. The lowest BCUT2D eigenvalue weighted by molar-refractivity contribution is -0.118. The fraction of sp³-hybridized carbons (Fsp3) is 0.429. The summed E-state index contributed by atoms with van der Waals surface area (Å²) in [4.78, 5) is 22.0. The highest BCUT2D eigenvalue weighted by molar-refractivity contribution is 5.94. The fourth-order valence-corrected chi connectivity index (χ4v) is 1.27. The lowest BCUT2D eigenvalue weighted by Gasteiger charge is -2.07. The molecule has 0 spiro atoms. The minimum Gasteiger partial charge on any atom is -0.321 e. The second-order valence-electron chi connectivity index (χ2n) is 3.67. The number of carbonyl (C=O) groups is 2. The highest BCUT2D eigenvalue weighted by Crippen LogP contribution is 2.07. The first kappa shape index (κ1) is 15.5. The van der Waals surface area contributed by atoms with Crippen molar-refractivity contribution in [3.05, 3.63) is 35.4 Å². The molecule has 1 atom stereocenters. The van der Waals surface area contributed by atoms with E-state index in [1.807, 2.05) is 26.0 Å². The molecule has 94 valence electrons. The summed E-state index contributed by atoms with van der Waals surface area (Å²) in [6.45, 7) is 7.00. The number of Topliss-reactive ketones (excluding diaryl/α,β-unsaturated/α-hetero) is 2. The molecule has 0 fully saturated rings. The van der Waals surface area contributed by atoms with Crippen molar-refractivity contribution in [2.75, 3.05) is 0 Å². The van der Waals surface area contributed by atoms with Gasteiger partial charge in [-0.25, -0.2) is 0 Å². The Balaban J connectivity index is 0.00000121. The van der Waals surface area contributed by atoms with Crippen molar-refractivity contribution in [2.45, 2.75) is 40.2 Å². The van der Waals surface area contributed by atoms with Gasteiger partial charge in [0.25, 0.3) is 0 Å². The van der Waals surface area contributed by atoms with Gasteiger partial charge in [-0.1, -0.05) is 38.1 Å². The van der Waals surface area contributed by atoms with Crippen molar-refractivity contribution in [2.24, 2.45) is 5.73 Å². The molecule has 1 rings (SSSR count). The Hall–Kier alpha value is -1.48. The number of rotatable bonds is 4. The molecule has 1 aromatic rings. The predicted molar refractivity (Wildman–Crippen MR) is 70.2 cm³/mol. The van der Waals surface area contributed by atoms with Crippen molar-refractivity contribution < 1.29 is 9.59 Å². The second-order valence-corrected chi connectivity index (χ2v) is 3.67. The van der Waals surface area contributed by atoms with Gasteiger partial charge in [0.1, 0.15) is 5.78 Å². The molecule has 0 bridgehead atoms. The zero-order valence-electron chi connectivity index (χ0n) is 11.0. The van der Waals surface area contributed by atoms with Gasteiger partial charge >= 0.3 is 0 Å². The first-order chi connectivity index (χ1) is 8.00. The smallest absolute Gasteiger partial charge is 0.159 e. The molecule has 0 saturated heterocycles. The van der Waals surface area contributed by atoms with Gasteiger partial charge in [-0.15, -0.1) is 0 Å². The molecular formula is C14H21NO2. The van der Waals surface area contributed by atoms with Crippen LogP contribution in [0.3, 0.4) is 0 Å². The Kier molecular flexibility index (Phi) is 7.06. The van der Waals surface area contributed by atoms with Gasteiger partial charge in [0.05, 0.1) is 6.04 Å². The third-order valence-corrected chi connectivity index (χ3v) is 2.34. The molecule has 0 aromatic heterocycles. The lowest BCUT2D eigenvalue weighted by Crippen LogP contribution is -2.30. The standard InChI is InChI=1S/C12H15NO2.C2H6/c1-8(14)11-5-3-10(4-6-11)7-12(13)9(2)15;1-2/h3-6,12H,7,13H2,1-2H3;1-2H3. The van der Waals surface area contributed by atoms with Gasteiger partial charge in [0.2, 0.25) is 0 Å². The van der Waals surface area contributed by atoms with Crippen molar-refractivity contribution in [1.82, 2.24) is 0 Å². The highest BCUT2D eigenvalue weighted by Gasteiger charge is 2.08. The average molecular weight is 235 g/mol. The molecule has 0 saturated carbocycles. The van der Waals surface area contributed by atoms with Crippen LogP contribution in [0.1, 0.15) is 43.6 Å². The maximum absolute atomic E-state index is 11.0. The third-order valence-electron chi connectivity index (χ3n) is 2.34. The van der Waals surface area contributed by atoms with Gasteiger partial charge in [-0.2, -0.15) is 0 Å². The van der Waals surface area contributed by atoms with E-state index < -0.39 is 6.04 Å². The van der Waals surface area contributed by atoms with Crippen LogP contribution >= 0.6 is 0 Å². The molecule has 17 heavy (non-hydrogen) atoms. The summed E-state index contributed by atoms with van der Waals surface area (Å²) in [5.41, 5.74) is 7.28. The summed E-state index contributed by atoms with van der Waals surface area (Å²) in [6.07, 6.45) is 0.521. The minimum absolute atomic E-state index is 0.0226. The number of nitrogens with two attached hydrogens (primary N) is 1. The van der Waals surface area contributed by atoms with E-state index in [-0.39, 0.29) is 11.6 Å². The van der Waals surface area contributed by atoms with Crippen LogP contribution in [-0.4, -0.2) is 17.6 Å². The summed E-state index contributed by atoms with van der Waals surface area (Å²) >= 11 is 0. The molecule has 0 heterocycles. The molecular weight excluding hydrogens is 214 g/mol. The zero-order chi connectivity index (χ0) is 13.4.